The maximum absolute atomic E-state index is 13.1. The standard InChI is InChI=1S/C27H29FN4O/c1-17(2)27-30-14-18(3)26(31-27)24-13-23(10-11-29-24)32-15-19(4)25(12-20(32)5)33-16-21-6-8-22(28)9-7-21/h6-14,17H,15-16H2,1-5H3. The van der Waals surface area contributed by atoms with Gasteiger partial charge in [-0.05, 0) is 67.8 Å². The first kappa shape index (κ1) is 22.6. The molecule has 33 heavy (non-hydrogen) atoms. The van der Waals surface area contributed by atoms with Gasteiger partial charge in [0.05, 0.1) is 11.4 Å². The van der Waals surface area contributed by atoms with Gasteiger partial charge < -0.3 is 9.64 Å². The highest BCUT2D eigenvalue weighted by Gasteiger charge is 2.19. The number of halogens is 1. The fourth-order valence-electron chi connectivity index (χ4n) is 3.74. The van der Waals surface area contributed by atoms with E-state index in [-0.39, 0.29) is 11.7 Å². The Hall–Kier alpha value is -3.54. The number of rotatable bonds is 6. The molecular weight excluding hydrogens is 415 g/mol. The van der Waals surface area contributed by atoms with Gasteiger partial charge in [0.2, 0.25) is 0 Å². The third-order valence-electron chi connectivity index (χ3n) is 5.69. The Morgan fingerprint density at radius 3 is 2.55 bits per heavy atom. The zero-order chi connectivity index (χ0) is 23.5. The molecule has 0 bridgehead atoms. The molecule has 0 unspecified atom stereocenters. The molecule has 0 fully saturated rings. The summed E-state index contributed by atoms with van der Waals surface area (Å²) in [7, 11) is 0. The topological polar surface area (TPSA) is 51.1 Å². The van der Waals surface area contributed by atoms with Gasteiger partial charge in [0.25, 0.3) is 0 Å². The van der Waals surface area contributed by atoms with Crippen molar-refractivity contribution in [3.05, 3.63) is 94.7 Å². The van der Waals surface area contributed by atoms with Crippen LogP contribution in [-0.2, 0) is 11.3 Å². The zero-order valence-corrected chi connectivity index (χ0v) is 19.8. The van der Waals surface area contributed by atoms with Crippen LogP contribution in [0, 0.1) is 12.7 Å². The third-order valence-corrected chi connectivity index (χ3v) is 5.69. The van der Waals surface area contributed by atoms with Crippen LogP contribution in [-0.4, -0.2) is 21.5 Å². The number of ether oxygens (including phenoxy) is 1. The van der Waals surface area contributed by atoms with E-state index in [9.17, 15) is 4.39 Å². The summed E-state index contributed by atoms with van der Waals surface area (Å²) in [6.45, 7) is 11.4. The molecule has 0 radical (unpaired) electrons. The Labute approximate surface area is 194 Å². The molecule has 0 aliphatic carbocycles. The van der Waals surface area contributed by atoms with Gasteiger partial charge in [0.15, 0.2) is 0 Å². The number of allylic oxidation sites excluding steroid dienone is 2. The maximum Gasteiger partial charge on any atom is 0.131 e. The van der Waals surface area contributed by atoms with E-state index in [0.717, 1.165) is 51.1 Å². The van der Waals surface area contributed by atoms with Gasteiger partial charge in [0, 0.05) is 36.2 Å². The second kappa shape index (κ2) is 9.53. The van der Waals surface area contributed by atoms with Gasteiger partial charge in [-0.15, -0.1) is 0 Å². The Balaban J connectivity index is 1.55. The van der Waals surface area contributed by atoms with Crippen LogP contribution in [0.2, 0.25) is 0 Å². The second-order valence-electron chi connectivity index (χ2n) is 8.75. The van der Waals surface area contributed by atoms with Crippen LogP contribution in [0.25, 0.3) is 11.4 Å². The molecule has 0 saturated heterocycles. The van der Waals surface area contributed by atoms with Crippen LogP contribution < -0.4 is 4.90 Å². The normalized spacial score (nSPS) is 14.0. The monoisotopic (exact) mass is 444 g/mol. The van der Waals surface area contributed by atoms with Crippen LogP contribution in [0.4, 0.5) is 10.1 Å². The highest BCUT2D eigenvalue weighted by atomic mass is 19.1. The Morgan fingerprint density at radius 1 is 1.06 bits per heavy atom. The van der Waals surface area contributed by atoms with E-state index < -0.39 is 0 Å². The molecule has 6 heteroatoms. The summed E-state index contributed by atoms with van der Waals surface area (Å²) < 4.78 is 19.2. The van der Waals surface area contributed by atoms with Gasteiger partial charge in [-0.1, -0.05) is 26.0 Å². The molecule has 1 aliphatic heterocycles. The number of hydrogen-bond acceptors (Lipinski definition) is 5. The number of hydrogen-bond donors (Lipinski definition) is 0. The van der Waals surface area contributed by atoms with E-state index in [0.29, 0.717) is 13.2 Å². The van der Waals surface area contributed by atoms with Crippen molar-refractivity contribution >= 4 is 5.69 Å². The van der Waals surface area contributed by atoms with Crippen molar-refractivity contribution in [1.29, 1.82) is 0 Å². The SMILES string of the molecule is CC1=CC(OCc2ccc(F)cc2)=C(C)CN1c1ccnc(-c2nc(C(C)C)ncc2C)c1. The van der Waals surface area contributed by atoms with Crippen molar-refractivity contribution in [2.75, 3.05) is 11.4 Å². The summed E-state index contributed by atoms with van der Waals surface area (Å²) in [5, 5.41) is 0. The first-order valence-corrected chi connectivity index (χ1v) is 11.1. The zero-order valence-electron chi connectivity index (χ0n) is 19.8. The van der Waals surface area contributed by atoms with Crippen LogP contribution in [0.15, 0.2) is 71.9 Å². The smallest absolute Gasteiger partial charge is 0.131 e. The largest absolute Gasteiger partial charge is 0.489 e. The molecule has 0 N–H and O–H groups in total. The molecule has 0 saturated carbocycles. The van der Waals surface area contributed by atoms with Crippen LogP contribution in [0.1, 0.15) is 50.6 Å². The van der Waals surface area contributed by atoms with Crippen molar-refractivity contribution in [3.8, 4) is 11.4 Å². The number of pyridine rings is 1. The van der Waals surface area contributed by atoms with E-state index >= 15 is 0 Å². The number of aryl methyl sites for hydroxylation is 1. The lowest BCUT2D eigenvalue weighted by Gasteiger charge is -2.31. The van der Waals surface area contributed by atoms with Crippen molar-refractivity contribution in [2.45, 2.75) is 47.1 Å². The predicted octanol–water partition coefficient (Wildman–Crippen LogP) is 6.32. The second-order valence-corrected chi connectivity index (χ2v) is 8.75. The Kier molecular flexibility index (Phi) is 6.54. The molecule has 1 aromatic carbocycles. The highest BCUT2D eigenvalue weighted by Crippen LogP contribution is 2.30. The minimum Gasteiger partial charge on any atom is -0.489 e. The molecule has 0 amide bonds. The van der Waals surface area contributed by atoms with E-state index in [1.165, 1.54) is 12.1 Å². The summed E-state index contributed by atoms with van der Waals surface area (Å²) >= 11 is 0. The van der Waals surface area contributed by atoms with E-state index in [4.69, 9.17) is 9.72 Å². The molecule has 4 rings (SSSR count). The quantitative estimate of drug-likeness (QED) is 0.445. The van der Waals surface area contributed by atoms with Crippen LogP contribution in [0.5, 0.6) is 0 Å². The van der Waals surface area contributed by atoms with E-state index in [2.05, 4.69) is 54.7 Å². The Morgan fingerprint density at radius 2 is 1.82 bits per heavy atom. The summed E-state index contributed by atoms with van der Waals surface area (Å²) in [5.74, 6) is 1.68. The molecule has 0 atom stereocenters. The molecule has 1 aliphatic rings. The first-order valence-electron chi connectivity index (χ1n) is 11.1. The summed E-state index contributed by atoms with van der Waals surface area (Å²) in [6.07, 6.45) is 5.75. The minimum atomic E-state index is -0.243. The first-order chi connectivity index (χ1) is 15.8. The number of nitrogens with zero attached hydrogens (tertiary/aromatic N) is 4. The molecular formula is C27H29FN4O. The Bertz CT molecular complexity index is 1220. The highest BCUT2D eigenvalue weighted by molar-refractivity contribution is 5.66. The summed E-state index contributed by atoms with van der Waals surface area (Å²) in [6, 6.07) is 10.5. The van der Waals surface area contributed by atoms with Crippen molar-refractivity contribution < 1.29 is 9.13 Å². The lowest BCUT2D eigenvalue weighted by atomic mass is 10.1. The number of aromatic nitrogens is 3. The summed E-state index contributed by atoms with van der Waals surface area (Å²) in [5.41, 5.74) is 6.89. The van der Waals surface area contributed by atoms with E-state index in [1.54, 1.807) is 12.1 Å². The minimum absolute atomic E-state index is 0.243. The molecule has 0 spiro atoms. The molecule has 3 aromatic rings. The van der Waals surface area contributed by atoms with Gasteiger partial charge >= 0.3 is 0 Å². The maximum atomic E-state index is 13.1. The molecule has 3 heterocycles. The van der Waals surface area contributed by atoms with Crippen molar-refractivity contribution in [1.82, 2.24) is 15.0 Å². The third kappa shape index (κ3) is 5.11. The van der Waals surface area contributed by atoms with Crippen LogP contribution >= 0.6 is 0 Å². The lowest BCUT2D eigenvalue weighted by molar-refractivity contribution is 0.206. The fraction of sp³-hybridized carbons (Fsp3) is 0.296. The molecule has 2 aromatic heterocycles. The van der Waals surface area contributed by atoms with Gasteiger partial charge in [-0.2, -0.15) is 0 Å². The van der Waals surface area contributed by atoms with E-state index in [1.807, 2.05) is 25.4 Å². The predicted molar refractivity (Wildman–Crippen MR) is 129 cm³/mol. The van der Waals surface area contributed by atoms with Crippen molar-refractivity contribution in [2.24, 2.45) is 0 Å². The average Bonchev–Trinajstić information content (AvgIpc) is 2.80. The lowest BCUT2D eigenvalue weighted by Crippen LogP contribution is -2.27. The van der Waals surface area contributed by atoms with Crippen molar-refractivity contribution in [3.63, 3.8) is 0 Å². The van der Waals surface area contributed by atoms with Gasteiger partial charge in [0.1, 0.15) is 24.0 Å². The fourth-order valence-corrected chi connectivity index (χ4v) is 3.74. The average molecular weight is 445 g/mol. The molecule has 5 nitrogen and oxygen atoms in total. The van der Waals surface area contributed by atoms with Gasteiger partial charge in [-0.25, -0.2) is 14.4 Å². The number of benzene rings is 1. The number of anilines is 1. The van der Waals surface area contributed by atoms with Gasteiger partial charge in [-0.3, -0.25) is 4.98 Å². The molecule has 170 valence electrons. The summed E-state index contributed by atoms with van der Waals surface area (Å²) in [4.78, 5) is 16.1. The van der Waals surface area contributed by atoms with Crippen LogP contribution in [0.3, 0.4) is 0 Å².